The van der Waals surface area contributed by atoms with E-state index in [4.69, 9.17) is 9.15 Å². The van der Waals surface area contributed by atoms with E-state index in [2.05, 4.69) is 41.3 Å². The van der Waals surface area contributed by atoms with E-state index in [1.807, 2.05) is 6.20 Å². The van der Waals surface area contributed by atoms with Gasteiger partial charge in [-0.2, -0.15) is 0 Å². The number of rotatable bonds is 4. The fraction of sp³-hybridized carbons (Fsp3) is 0.643. The Morgan fingerprint density at radius 3 is 2.90 bits per heavy atom. The van der Waals surface area contributed by atoms with Crippen molar-refractivity contribution in [3.63, 3.8) is 0 Å². The highest BCUT2D eigenvalue weighted by Crippen LogP contribution is 2.29. The van der Waals surface area contributed by atoms with Crippen LogP contribution in [-0.4, -0.2) is 21.8 Å². The SMILES string of the molecule is CC(C)(C)c1cnc(CNc2nnc([C@@H]3CCCO3)o2)s1. The Hall–Kier alpha value is -1.47. The lowest BCUT2D eigenvalue weighted by Crippen LogP contribution is -2.07. The van der Waals surface area contributed by atoms with E-state index < -0.39 is 0 Å². The molecule has 0 aromatic carbocycles. The largest absolute Gasteiger partial charge is 0.405 e. The van der Waals surface area contributed by atoms with Gasteiger partial charge in [0, 0.05) is 17.7 Å². The third kappa shape index (κ3) is 3.41. The van der Waals surface area contributed by atoms with E-state index in [-0.39, 0.29) is 11.5 Å². The molecular weight excluding hydrogens is 288 g/mol. The second-order valence-corrected chi connectivity index (χ2v) is 7.28. The summed E-state index contributed by atoms with van der Waals surface area (Å²) in [6.07, 6.45) is 3.89. The first kappa shape index (κ1) is 14.5. The lowest BCUT2D eigenvalue weighted by atomic mass is 9.96. The van der Waals surface area contributed by atoms with Crippen molar-refractivity contribution in [1.82, 2.24) is 15.2 Å². The van der Waals surface area contributed by atoms with E-state index >= 15 is 0 Å². The maximum absolute atomic E-state index is 5.58. The molecule has 1 fully saturated rings. The lowest BCUT2D eigenvalue weighted by Gasteiger charge is -2.14. The van der Waals surface area contributed by atoms with E-state index in [9.17, 15) is 0 Å². The van der Waals surface area contributed by atoms with Crippen LogP contribution in [0, 0.1) is 0 Å². The highest BCUT2D eigenvalue weighted by atomic mass is 32.1. The van der Waals surface area contributed by atoms with Crippen LogP contribution in [0.2, 0.25) is 0 Å². The van der Waals surface area contributed by atoms with Crippen LogP contribution in [0.25, 0.3) is 0 Å². The van der Waals surface area contributed by atoms with Crippen LogP contribution in [-0.2, 0) is 16.7 Å². The summed E-state index contributed by atoms with van der Waals surface area (Å²) in [6.45, 7) is 7.91. The van der Waals surface area contributed by atoms with Gasteiger partial charge in [-0.15, -0.1) is 16.4 Å². The third-order valence-electron chi connectivity index (χ3n) is 3.33. The number of hydrogen-bond acceptors (Lipinski definition) is 7. The molecule has 3 rings (SSSR count). The molecule has 2 aromatic rings. The number of ether oxygens (including phenoxy) is 1. The fourth-order valence-electron chi connectivity index (χ4n) is 2.10. The molecule has 0 aliphatic carbocycles. The molecule has 2 aromatic heterocycles. The first-order valence-electron chi connectivity index (χ1n) is 7.16. The molecule has 0 unspecified atom stereocenters. The van der Waals surface area contributed by atoms with Gasteiger partial charge in [-0.1, -0.05) is 25.9 Å². The molecule has 3 heterocycles. The van der Waals surface area contributed by atoms with Gasteiger partial charge < -0.3 is 14.5 Å². The summed E-state index contributed by atoms with van der Waals surface area (Å²) in [7, 11) is 0. The van der Waals surface area contributed by atoms with E-state index in [1.165, 1.54) is 4.88 Å². The summed E-state index contributed by atoms with van der Waals surface area (Å²) in [6, 6.07) is 0.424. The first-order chi connectivity index (χ1) is 10.0. The van der Waals surface area contributed by atoms with Crippen molar-refractivity contribution in [2.45, 2.75) is 51.7 Å². The molecule has 21 heavy (non-hydrogen) atoms. The fourth-order valence-corrected chi connectivity index (χ4v) is 3.01. The summed E-state index contributed by atoms with van der Waals surface area (Å²) < 4.78 is 11.1. The predicted molar refractivity (Wildman–Crippen MR) is 80.4 cm³/mol. The van der Waals surface area contributed by atoms with Crippen molar-refractivity contribution >= 4 is 17.4 Å². The highest BCUT2D eigenvalue weighted by molar-refractivity contribution is 7.11. The number of aromatic nitrogens is 3. The number of hydrogen-bond donors (Lipinski definition) is 1. The zero-order valence-electron chi connectivity index (χ0n) is 12.5. The van der Waals surface area contributed by atoms with Crippen molar-refractivity contribution in [1.29, 1.82) is 0 Å². The summed E-state index contributed by atoms with van der Waals surface area (Å²) in [4.78, 5) is 5.69. The molecule has 1 N–H and O–H groups in total. The van der Waals surface area contributed by atoms with Gasteiger partial charge in [-0.05, 0) is 18.3 Å². The van der Waals surface area contributed by atoms with Gasteiger partial charge in [-0.25, -0.2) is 4.98 Å². The van der Waals surface area contributed by atoms with Gasteiger partial charge in [-0.3, -0.25) is 0 Å². The molecule has 114 valence electrons. The van der Waals surface area contributed by atoms with Crippen LogP contribution in [0.4, 0.5) is 6.01 Å². The second-order valence-electron chi connectivity index (χ2n) is 6.17. The Morgan fingerprint density at radius 2 is 2.24 bits per heavy atom. The van der Waals surface area contributed by atoms with Gasteiger partial charge in [0.15, 0.2) is 0 Å². The molecule has 0 bridgehead atoms. The molecule has 0 saturated carbocycles. The van der Waals surface area contributed by atoms with Crippen molar-refractivity contribution in [3.8, 4) is 0 Å². The van der Waals surface area contributed by atoms with E-state index in [1.54, 1.807) is 11.3 Å². The van der Waals surface area contributed by atoms with Crippen LogP contribution < -0.4 is 5.32 Å². The minimum absolute atomic E-state index is 0.0413. The molecule has 6 nitrogen and oxygen atoms in total. The summed E-state index contributed by atoms with van der Waals surface area (Å²) in [5, 5.41) is 12.2. The summed E-state index contributed by atoms with van der Waals surface area (Å²) >= 11 is 1.70. The second kappa shape index (κ2) is 5.73. The minimum atomic E-state index is -0.0413. The van der Waals surface area contributed by atoms with Crippen molar-refractivity contribution in [2.75, 3.05) is 11.9 Å². The smallest absolute Gasteiger partial charge is 0.315 e. The quantitative estimate of drug-likeness (QED) is 0.934. The van der Waals surface area contributed by atoms with Gasteiger partial charge in [0.1, 0.15) is 11.1 Å². The Labute approximate surface area is 127 Å². The zero-order valence-corrected chi connectivity index (χ0v) is 13.4. The van der Waals surface area contributed by atoms with Crippen molar-refractivity contribution in [2.24, 2.45) is 0 Å². The number of anilines is 1. The molecule has 1 saturated heterocycles. The van der Waals surface area contributed by atoms with Gasteiger partial charge in [0.25, 0.3) is 0 Å². The van der Waals surface area contributed by atoms with E-state index in [0.717, 1.165) is 24.5 Å². The molecular formula is C14H20N4O2S. The lowest BCUT2D eigenvalue weighted by molar-refractivity contribution is 0.0897. The van der Waals surface area contributed by atoms with Gasteiger partial charge >= 0.3 is 6.01 Å². The Balaban J connectivity index is 1.59. The molecule has 0 amide bonds. The topological polar surface area (TPSA) is 73.1 Å². The van der Waals surface area contributed by atoms with E-state index in [0.29, 0.717) is 18.5 Å². The monoisotopic (exact) mass is 308 g/mol. The molecule has 1 atom stereocenters. The summed E-state index contributed by atoms with van der Waals surface area (Å²) in [5.74, 6) is 0.560. The molecule has 0 spiro atoms. The first-order valence-corrected chi connectivity index (χ1v) is 7.98. The maximum atomic E-state index is 5.58. The third-order valence-corrected chi connectivity index (χ3v) is 4.75. The van der Waals surface area contributed by atoms with Gasteiger partial charge in [0.2, 0.25) is 5.89 Å². The Bertz CT molecular complexity index is 596. The number of thiazole rings is 1. The Kier molecular flexibility index (Phi) is 3.95. The van der Waals surface area contributed by atoms with Crippen LogP contribution in [0.15, 0.2) is 10.6 Å². The molecule has 1 aliphatic heterocycles. The van der Waals surface area contributed by atoms with Crippen LogP contribution in [0.5, 0.6) is 0 Å². The normalized spacial score (nSPS) is 19.1. The summed E-state index contributed by atoms with van der Waals surface area (Å²) in [5.41, 5.74) is 0.132. The maximum Gasteiger partial charge on any atom is 0.315 e. The predicted octanol–water partition coefficient (Wildman–Crippen LogP) is 3.29. The van der Waals surface area contributed by atoms with Crippen LogP contribution >= 0.6 is 11.3 Å². The standard InChI is InChI=1S/C14H20N4O2S/c1-14(2,3)10-7-15-11(21-10)8-16-13-18-17-12(20-13)9-5-4-6-19-9/h7,9H,4-6,8H2,1-3H3,(H,16,18)/t9-/m0/s1. The van der Waals surface area contributed by atoms with Crippen LogP contribution in [0.3, 0.4) is 0 Å². The van der Waals surface area contributed by atoms with Crippen molar-refractivity contribution in [3.05, 3.63) is 22.0 Å². The van der Waals surface area contributed by atoms with Crippen LogP contribution in [0.1, 0.15) is 55.5 Å². The van der Waals surface area contributed by atoms with Crippen molar-refractivity contribution < 1.29 is 9.15 Å². The average Bonchev–Trinajstić information content (AvgIpc) is 3.16. The number of nitrogens with zero attached hydrogens (tertiary/aromatic N) is 3. The molecule has 7 heteroatoms. The Morgan fingerprint density at radius 1 is 1.38 bits per heavy atom. The zero-order chi connectivity index (χ0) is 14.9. The molecule has 0 radical (unpaired) electrons. The average molecular weight is 308 g/mol. The van der Waals surface area contributed by atoms with Gasteiger partial charge in [0.05, 0.1) is 6.54 Å². The number of nitrogens with one attached hydrogen (secondary N) is 1. The minimum Gasteiger partial charge on any atom is -0.405 e. The highest BCUT2D eigenvalue weighted by Gasteiger charge is 2.23. The molecule has 1 aliphatic rings.